The molecule has 2 rings (SSSR count). The predicted molar refractivity (Wildman–Crippen MR) is 72.9 cm³/mol. The fraction of sp³-hybridized carbons (Fsp3) is 0.231. The second kappa shape index (κ2) is 5.84. The molecule has 0 aliphatic rings. The van der Waals surface area contributed by atoms with Crippen LogP contribution in [-0.2, 0) is 6.54 Å². The number of rotatable bonds is 4. The number of benzene rings is 1. The third-order valence-corrected chi connectivity index (χ3v) is 3.40. The average molecular weight is 261 g/mol. The summed E-state index contributed by atoms with van der Waals surface area (Å²) in [4.78, 5) is 19.5. The second-order valence-corrected chi connectivity index (χ2v) is 4.96. The van der Waals surface area contributed by atoms with Gasteiger partial charge in [0, 0.05) is 23.2 Å². The maximum Gasteiger partial charge on any atom is 0.251 e. The van der Waals surface area contributed by atoms with E-state index in [2.05, 4.69) is 21.4 Å². The highest BCUT2D eigenvalue weighted by Gasteiger charge is 2.05. The second-order valence-electron chi connectivity index (χ2n) is 3.93. The largest absolute Gasteiger partial charge is 0.316 e. The summed E-state index contributed by atoms with van der Waals surface area (Å²) in [6.45, 7) is 2.61. The van der Waals surface area contributed by atoms with Crippen molar-refractivity contribution in [1.29, 1.82) is 0 Å². The number of hydrogen-bond acceptors (Lipinski definition) is 4. The SMILES string of the molecule is CNCc1ccccc1Sc1nc(C)cc(=O)[nH]1. The highest BCUT2D eigenvalue weighted by molar-refractivity contribution is 7.99. The van der Waals surface area contributed by atoms with Gasteiger partial charge in [-0.1, -0.05) is 30.0 Å². The zero-order valence-corrected chi connectivity index (χ0v) is 11.2. The normalized spacial score (nSPS) is 10.6. The molecule has 0 spiro atoms. The van der Waals surface area contributed by atoms with Crippen molar-refractivity contribution >= 4 is 11.8 Å². The number of H-pyrrole nitrogens is 1. The number of hydrogen-bond donors (Lipinski definition) is 2. The molecule has 0 saturated carbocycles. The molecule has 0 saturated heterocycles. The Morgan fingerprint density at radius 1 is 1.39 bits per heavy atom. The van der Waals surface area contributed by atoms with Gasteiger partial charge in [-0.05, 0) is 25.6 Å². The van der Waals surface area contributed by atoms with Crippen molar-refractivity contribution in [1.82, 2.24) is 15.3 Å². The van der Waals surface area contributed by atoms with Gasteiger partial charge >= 0.3 is 0 Å². The molecule has 1 aromatic carbocycles. The van der Waals surface area contributed by atoms with Crippen LogP contribution < -0.4 is 10.9 Å². The van der Waals surface area contributed by atoms with E-state index in [4.69, 9.17) is 0 Å². The summed E-state index contributed by atoms with van der Waals surface area (Å²) in [5.74, 6) is 0. The van der Waals surface area contributed by atoms with Gasteiger partial charge in [0.05, 0.1) is 0 Å². The molecule has 2 aromatic rings. The fourth-order valence-corrected chi connectivity index (χ4v) is 2.61. The van der Waals surface area contributed by atoms with Gasteiger partial charge in [-0.15, -0.1) is 0 Å². The first-order chi connectivity index (χ1) is 8.69. The van der Waals surface area contributed by atoms with Crippen molar-refractivity contribution in [3.05, 3.63) is 51.9 Å². The third kappa shape index (κ3) is 3.21. The first-order valence-corrected chi connectivity index (χ1v) is 6.49. The molecule has 4 nitrogen and oxygen atoms in total. The van der Waals surface area contributed by atoms with E-state index in [1.165, 1.54) is 23.4 Å². The summed E-state index contributed by atoms with van der Waals surface area (Å²) in [6, 6.07) is 9.56. The van der Waals surface area contributed by atoms with Gasteiger partial charge in [0.25, 0.3) is 5.56 Å². The molecule has 1 heterocycles. The lowest BCUT2D eigenvalue weighted by atomic mass is 10.2. The van der Waals surface area contributed by atoms with E-state index in [-0.39, 0.29) is 5.56 Å². The summed E-state index contributed by atoms with van der Waals surface area (Å²) in [5, 5.41) is 3.76. The van der Waals surface area contributed by atoms with Crippen molar-refractivity contribution in [2.45, 2.75) is 23.5 Å². The molecular weight excluding hydrogens is 246 g/mol. The molecule has 94 valence electrons. The predicted octanol–water partition coefficient (Wildman–Crippen LogP) is 1.95. The van der Waals surface area contributed by atoms with Gasteiger partial charge in [0.1, 0.15) is 0 Å². The van der Waals surface area contributed by atoms with Crippen molar-refractivity contribution < 1.29 is 0 Å². The topological polar surface area (TPSA) is 57.8 Å². The molecule has 18 heavy (non-hydrogen) atoms. The number of aromatic nitrogens is 2. The number of nitrogens with one attached hydrogen (secondary N) is 2. The Labute approximate surface area is 110 Å². The van der Waals surface area contributed by atoms with E-state index in [1.54, 1.807) is 0 Å². The lowest BCUT2D eigenvalue weighted by Gasteiger charge is -2.07. The highest BCUT2D eigenvalue weighted by Crippen LogP contribution is 2.27. The molecular formula is C13H15N3OS. The Morgan fingerprint density at radius 3 is 2.89 bits per heavy atom. The molecule has 0 aliphatic carbocycles. The van der Waals surface area contributed by atoms with Gasteiger partial charge in [-0.3, -0.25) is 4.79 Å². The monoisotopic (exact) mass is 261 g/mol. The van der Waals surface area contributed by atoms with Crippen LogP contribution in [0, 0.1) is 6.92 Å². The lowest BCUT2D eigenvalue weighted by Crippen LogP contribution is -2.09. The Morgan fingerprint density at radius 2 is 2.17 bits per heavy atom. The van der Waals surface area contributed by atoms with Crippen LogP contribution in [0.25, 0.3) is 0 Å². The summed E-state index contributed by atoms with van der Waals surface area (Å²) >= 11 is 1.48. The molecule has 0 aliphatic heterocycles. The third-order valence-electron chi connectivity index (χ3n) is 2.39. The molecule has 5 heteroatoms. The Kier molecular flexibility index (Phi) is 4.17. The molecule has 0 unspecified atom stereocenters. The quantitative estimate of drug-likeness (QED) is 0.826. The first-order valence-electron chi connectivity index (χ1n) is 5.67. The van der Waals surface area contributed by atoms with Crippen LogP contribution in [0.4, 0.5) is 0 Å². The minimum atomic E-state index is -0.115. The molecule has 1 aromatic heterocycles. The molecule has 2 N–H and O–H groups in total. The number of aryl methyl sites for hydroxylation is 1. The molecule has 0 atom stereocenters. The molecule has 0 bridgehead atoms. The minimum Gasteiger partial charge on any atom is -0.316 e. The van der Waals surface area contributed by atoms with E-state index >= 15 is 0 Å². The summed E-state index contributed by atoms with van der Waals surface area (Å²) in [6.07, 6.45) is 0. The van der Waals surface area contributed by atoms with E-state index < -0.39 is 0 Å². The van der Waals surface area contributed by atoms with Crippen molar-refractivity contribution in [2.75, 3.05) is 7.05 Å². The minimum absolute atomic E-state index is 0.115. The Hall–Kier alpha value is -1.59. The summed E-state index contributed by atoms with van der Waals surface area (Å²) < 4.78 is 0. The van der Waals surface area contributed by atoms with Crippen LogP contribution in [0.5, 0.6) is 0 Å². The van der Waals surface area contributed by atoms with Gasteiger partial charge in [-0.25, -0.2) is 4.98 Å². The first kappa shape index (κ1) is 12.9. The zero-order valence-electron chi connectivity index (χ0n) is 10.4. The average Bonchev–Trinajstić information content (AvgIpc) is 2.30. The Balaban J connectivity index is 2.30. The van der Waals surface area contributed by atoms with E-state index in [0.29, 0.717) is 5.16 Å². The number of nitrogens with zero attached hydrogens (tertiary/aromatic N) is 1. The van der Waals surface area contributed by atoms with E-state index in [1.807, 2.05) is 32.2 Å². The van der Waals surface area contributed by atoms with Gasteiger partial charge in [0.15, 0.2) is 5.16 Å². The van der Waals surface area contributed by atoms with Crippen LogP contribution in [0.2, 0.25) is 0 Å². The maximum atomic E-state index is 11.4. The van der Waals surface area contributed by atoms with Crippen molar-refractivity contribution in [3.63, 3.8) is 0 Å². The standard InChI is InChI=1S/C13H15N3OS/c1-9-7-12(17)16-13(15-9)18-11-6-4-3-5-10(11)8-14-2/h3-7,14H,8H2,1-2H3,(H,15,16,17). The summed E-state index contributed by atoms with van der Waals surface area (Å²) in [7, 11) is 1.91. The molecule has 0 amide bonds. The van der Waals surface area contributed by atoms with Crippen LogP contribution in [0.1, 0.15) is 11.3 Å². The summed E-state index contributed by atoms with van der Waals surface area (Å²) in [5.41, 5.74) is 1.80. The molecule has 0 fully saturated rings. The Bertz CT molecular complexity index is 595. The van der Waals surface area contributed by atoms with Gasteiger partial charge in [-0.2, -0.15) is 0 Å². The molecule has 0 radical (unpaired) electrons. The van der Waals surface area contributed by atoms with Crippen LogP contribution >= 0.6 is 11.8 Å². The smallest absolute Gasteiger partial charge is 0.251 e. The highest BCUT2D eigenvalue weighted by atomic mass is 32.2. The van der Waals surface area contributed by atoms with Gasteiger partial charge in [0.2, 0.25) is 0 Å². The van der Waals surface area contributed by atoms with Crippen molar-refractivity contribution in [3.8, 4) is 0 Å². The van der Waals surface area contributed by atoms with E-state index in [0.717, 1.165) is 17.1 Å². The lowest BCUT2D eigenvalue weighted by molar-refractivity contribution is 0.802. The van der Waals surface area contributed by atoms with Crippen LogP contribution in [0.3, 0.4) is 0 Å². The maximum absolute atomic E-state index is 11.4. The number of aromatic amines is 1. The zero-order chi connectivity index (χ0) is 13.0. The van der Waals surface area contributed by atoms with Gasteiger partial charge < -0.3 is 10.3 Å². The van der Waals surface area contributed by atoms with Crippen LogP contribution in [-0.4, -0.2) is 17.0 Å². The van der Waals surface area contributed by atoms with Crippen molar-refractivity contribution in [2.24, 2.45) is 0 Å². The fourth-order valence-electron chi connectivity index (χ4n) is 1.64. The van der Waals surface area contributed by atoms with E-state index in [9.17, 15) is 4.79 Å². The van der Waals surface area contributed by atoms with Crippen LogP contribution in [0.15, 0.2) is 45.2 Å².